The Morgan fingerprint density at radius 1 is 0.328 bits per heavy atom. The third kappa shape index (κ3) is 5.36. The van der Waals surface area contributed by atoms with E-state index in [1.807, 2.05) is 0 Å². The maximum Gasteiger partial charge on any atom is 0.0755 e. The summed E-state index contributed by atoms with van der Waals surface area (Å²) >= 11 is 0. The summed E-state index contributed by atoms with van der Waals surface area (Å²) in [5.74, 6) is 0. The molecule has 10 aromatic carbocycles. The summed E-state index contributed by atoms with van der Waals surface area (Å²) in [5.41, 5.74) is 18.9. The van der Waals surface area contributed by atoms with E-state index in [4.69, 9.17) is 0 Å². The summed E-state index contributed by atoms with van der Waals surface area (Å²) in [6.45, 7) is 0. The summed E-state index contributed by atoms with van der Waals surface area (Å²) in [4.78, 5) is 4.88. The third-order valence-corrected chi connectivity index (χ3v) is 12.9. The molecule has 1 spiro atoms. The Bertz CT molecular complexity index is 3190. The number of benzene rings is 10. The highest BCUT2D eigenvalue weighted by Gasteiger charge is 2.52. The van der Waals surface area contributed by atoms with Gasteiger partial charge in [-0.25, -0.2) is 0 Å². The van der Waals surface area contributed by atoms with Crippen LogP contribution in [0.25, 0.3) is 44.2 Å². The predicted octanol–water partition coefficient (Wildman–Crippen LogP) is 15.8. The van der Waals surface area contributed by atoms with E-state index >= 15 is 0 Å². The van der Waals surface area contributed by atoms with E-state index in [1.165, 1.54) is 77.8 Å². The van der Waals surface area contributed by atoms with Crippen molar-refractivity contribution in [2.75, 3.05) is 9.80 Å². The number of nitrogens with zero attached hydrogens (tertiary/aromatic N) is 2. The van der Waals surface area contributed by atoms with Gasteiger partial charge >= 0.3 is 0 Å². The van der Waals surface area contributed by atoms with Crippen LogP contribution in [0.1, 0.15) is 22.3 Å². The van der Waals surface area contributed by atoms with Crippen molar-refractivity contribution < 1.29 is 0 Å². The van der Waals surface area contributed by atoms with Crippen molar-refractivity contribution in [3.05, 3.63) is 265 Å². The Morgan fingerprint density at radius 3 is 1.54 bits per heavy atom. The van der Waals surface area contributed by atoms with Crippen LogP contribution in [-0.2, 0) is 5.41 Å². The first-order valence-corrected chi connectivity index (χ1v) is 21.1. The molecule has 0 saturated heterocycles. The van der Waals surface area contributed by atoms with Gasteiger partial charge in [0.25, 0.3) is 0 Å². The SMILES string of the molecule is c1ccc(N(c2ccc(-c3ccc(-c4cccc5ccccc45)cc3)cc2)c2cccc3c2-c2ccccc2C32c3ccccc3N(c3ccccc3)c3ccccc32)cc1. The van der Waals surface area contributed by atoms with E-state index in [9.17, 15) is 0 Å². The Morgan fingerprint density at radius 2 is 0.820 bits per heavy atom. The summed E-state index contributed by atoms with van der Waals surface area (Å²) in [6.07, 6.45) is 0. The van der Waals surface area contributed by atoms with Crippen LogP contribution in [0.15, 0.2) is 243 Å². The lowest BCUT2D eigenvalue weighted by Gasteiger charge is -2.45. The molecular weight excluding hydrogens is 737 g/mol. The van der Waals surface area contributed by atoms with Gasteiger partial charge in [-0.15, -0.1) is 0 Å². The van der Waals surface area contributed by atoms with Gasteiger partial charge in [0.2, 0.25) is 0 Å². The molecular formula is C59H40N2. The fraction of sp³-hybridized carbons (Fsp3) is 0.0169. The van der Waals surface area contributed by atoms with Gasteiger partial charge in [0.1, 0.15) is 0 Å². The lowest BCUT2D eigenvalue weighted by atomic mass is 9.64. The number of anilines is 6. The summed E-state index contributed by atoms with van der Waals surface area (Å²) in [6, 6.07) is 88.9. The monoisotopic (exact) mass is 776 g/mol. The van der Waals surface area contributed by atoms with E-state index in [0.717, 1.165) is 22.7 Å². The normalized spacial score (nSPS) is 13.0. The standard InChI is InChI=1S/C59H40N2/c1-3-19-45(20-4-1)60(47-39-37-42(38-40-47)41-33-35-44(36-34-41)49-25-15-18-43-17-7-8-23-48(43)49)57-32-16-29-54-58(57)50-24-9-10-26-51(50)59(54)52-27-11-13-30-55(52)61(46-21-5-2-6-22-46)56-31-14-12-28-53(56)59/h1-40H. The fourth-order valence-corrected chi connectivity index (χ4v) is 10.3. The van der Waals surface area contributed by atoms with Gasteiger partial charge in [-0.05, 0) is 115 Å². The van der Waals surface area contributed by atoms with Crippen molar-refractivity contribution in [2.45, 2.75) is 5.41 Å². The van der Waals surface area contributed by atoms with Crippen molar-refractivity contribution in [1.82, 2.24) is 0 Å². The van der Waals surface area contributed by atoms with Gasteiger partial charge in [0, 0.05) is 22.6 Å². The number of rotatable bonds is 6. The molecule has 1 heterocycles. The molecule has 0 unspecified atom stereocenters. The van der Waals surface area contributed by atoms with Gasteiger partial charge < -0.3 is 9.80 Å². The van der Waals surface area contributed by atoms with Gasteiger partial charge in [-0.3, -0.25) is 0 Å². The molecule has 0 saturated carbocycles. The zero-order valence-electron chi connectivity index (χ0n) is 33.5. The smallest absolute Gasteiger partial charge is 0.0755 e. The van der Waals surface area contributed by atoms with Crippen LogP contribution in [0.5, 0.6) is 0 Å². The van der Waals surface area contributed by atoms with Crippen LogP contribution in [0, 0.1) is 0 Å². The molecule has 2 nitrogen and oxygen atoms in total. The Balaban J connectivity index is 1.01. The van der Waals surface area contributed by atoms with Crippen molar-refractivity contribution in [2.24, 2.45) is 0 Å². The minimum absolute atomic E-state index is 0.537. The van der Waals surface area contributed by atoms with Gasteiger partial charge in [-0.1, -0.05) is 188 Å². The molecule has 0 atom stereocenters. The first kappa shape index (κ1) is 35.0. The van der Waals surface area contributed by atoms with Crippen molar-refractivity contribution in [1.29, 1.82) is 0 Å². The maximum atomic E-state index is 2.44. The fourth-order valence-electron chi connectivity index (χ4n) is 10.3. The molecule has 12 rings (SSSR count). The zero-order valence-corrected chi connectivity index (χ0v) is 33.5. The molecule has 0 radical (unpaired) electrons. The van der Waals surface area contributed by atoms with E-state index in [0.29, 0.717) is 0 Å². The summed E-state index contributed by atoms with van der Waals surface area (Å²) in [7, 11) is 0. The molecule has 2 aliphatic rings. The van der Waals surface area contributed by atoms with Gasteiger partial charge in [0.05, 0.1) is 22.5 Å². The Hall–Kier alpha value is -7.94. The second-order valence-corrected chi connectivity index (χ2v) is 16.0. The molecule has 0 aromatic heterocycles. The third-order valence-electron chi connectivity index (χ3n) is 12.9. The highest BCUT2D eigenvalue weighted by atomic mass is 15.2. The number of hydrogen-bond acceptors (Lipinski definition) is 2. The highest BCUT2D eigenvalue weighted by Crippen LogP contribution is 2.65. The number of fused-ring (bicyclic) bond motifs is 10. The Kier molecular flexibility index (Phi) is 8.11. The number of para-hydroxylation sites is 4. The molecule has 0 bridgehead atoms. The number of hydrogen-bond donors (Lipinski definition) is 0. The molecule has 0 fully saturated rings. The van der Waals surface area contributed by atoms with E-state index in [2.05, 4.69) is 252 Å². The second kappa shape index (κ2) is 14.1. The van der Waals surface area contributed by atoms with Crippen LogP contribution >= 0.6 is 0 Å². The van der Waals surface area contributed by atoms with Crippen LogP contribution in [-0.4, -0.2) is 0 Å². The average Bonchev–Trinajstić information content (AvgIpc) is 3.64. The molecule has 0 amide bonds. The maximum absolute atomic E-state index is 2.44. The molecule has 0 N–H and O–H groups in total. The quantitative estimate of drug-likeness (QED) is 0.166. The van der Waals surface area contributed by atoms with Crippen molar-refractivity contribution in [3.8, 4) is 33.4 Å². The minimum atomic E-state index is -0.537. The minimum Gasteiger partial charge on any atom is -0.310 e. The van der Waals surface area contributed by atoms with Crippen molar-refractivity contribution >= 4 is 44.9 Å². The topological polar surface area (TPSA) is 6.48 Å². The van der Waals surface area contributed by atoms with Crippen LogP contribution in [0.4, 0.5) is 34.1 Å². The largest absolute Gasteiger partial charge is 0.310 e. The molecule has 1 aliphatic heterocycles. The first-order valence-electron chi connectivity index (χ1n) is 21.1. The van der Waals surface area contributed by atoms with E-state index < -0.39 is 5.41 Å². The molecule has 286 valence electrons. The first-order chi connectivity index (χ1) is 30.3. The average molecular weight is 777 g/mol. The second-order valence-electron chi connectivity index (χ2n) is 16.0. The lowest BCUT2D eigenvalue weighted by molar-refractivity contribution is 0.752. The molecule has 1 aliphatic carbocycles. The lowest BCUT2D eigenvalue weighted by Crippen LogP contribution is -2.36. The molecule has 10 aromatic rings. The predicted molar refractivity (Wildman–Crippen MR) is 255 cm³/mol. The Labute approximate surface area is 356 Å². The van der Waals surface area contributed by atoms with E-state index in [1.54, 1.807) is 0 Å². The van der Waals surface area contributed by atoms with Crippen LogP contribution in [0.2, 0.25) is 0 Å². The summed E-state index contributed by atoms with van der Waals surface area (Å²) in [5, 5.41) is 2.53. The molecule has 2 heteroatoms. The van der Waals surface area contributed by atoms with Gasteiger partial charge in [-0.2, -0.15) is 0 Å². The van der Waals surface area contributed by atoms with Crippen LogP contribution in [0.3, 0.4) is 0 Å². The summed E-state index contributed by atoms with van der Waals surface area (Å²) < 4.78 is 0. The van der Waals surface area contributed by atoms with Crippen molar-refractivity contribution in [3.63, 3.8) is 0 Å². The highest BCUT2D eigenvalue weighted by molar-refractivity contribution is 6.01. The van der Waals surface area contributed by atoms with Crippen LogP contribution < -0.4 is 9.80 Å². The van der Waals surface area contributed by atoms with E-state index in [-0.39, 0.29) is 0 Å². The molecule has 61 heavy (non-hydrogen) atoms. The zero-order chi connectivity index (χ0) is 40.3. The van der Waals surface area contributed by atoms with Gasteiger partial charge in [0.15, 0.2) is 0 Å².